The van der Waals surface area contributed by atoms with E-state index in [1.807, 2.05) is 50.2 Å². The Labute approximate surface area is 129 Å². The quantitative estimate of drug-likeness (QED) is 0.674. The maximum Gasteiger partial charge on any atom is 0.299 e. The standard InChI is InChI=1S/C18H20N2O2/c1-3-9-20-17(21)15-11-13-7-5-6-8-14(13)12-16(15)19-18(20)22-10-4-2/h5-8,11-12H,3-4,9-10H2,1-2H3. The minimum absolute atomic E-state index is 0.0243. The highest BCUT2D eigenvalue weighted by Crippen LogP contribution is 2.21. The van der Waals surface area contributed by atoms with Gasteiger partial charge in [0.25, 0.3) is 11.6 Å². The molecule has 0 aliphatic carbocycles. The Morgan fingerprint density at radius 3 is 2.50 bits per heavy atom. The fourth-order valence-electron chi connectivity index (χ4n) is 2.61. The number of benzene rings is 2. The fourth-order valence-corrected chi connectivity index (χ4v) is 2.61. The van der Waals surface area contributed by atoms with Gasteiger partial charge in [0.05, 0.1) is 17.5 Å². The van der Waals surface area contributed by atoms with Crippen LogP contribution in [0.3, 0.4) is 0 Å². The van der Waals surface area contributed by atoms with Crippen molar-refractivity contribution in [2.24, 2.45) is 0 Å². The zero-order valence-electron chi connectivity index (χ0n) is 13.0. The number of fused-ring (bicyclic) bond motifs is 2. The molecule has 0 N–H and O–H groups in total. The third kappa shape index (κ3) is 2.56. The molecule has 3 aromatic rings. The zero-order valence-corrected chi connectivity index (χ0v) is 13.0. The average molecular weight is 296 g/mol. The summed E-state index contributed by atoms with van der Waals surface area (Å²) in [6, 6.07) is 12.3. The van der Waals surface area contributed by atoms with Crippen LogP contribution in [-0.2, 0) is 6.54 Å². The highest BCUT2D eigenvalue weighted by molar-refractivity contribution is 5.96. The van der Waals surface area contributed by atoms with Crippen LogP contribution in [0.2, 0.25) is 0 Å². The second kappa shape index (κ2) is 6.18. The van der Waals surface area contributed by atoms with Crippen molar-refractivity contribution < 1.29 is 4.74 Å². The van der Waals surface area contributed by atoms with Crippen molar-refractivity contribution in [3.63, 3.8) is 0 Å². The van der Waals surface area contributed by atoms with E-state index in [-0.39, 0.29) is 5.56 Å². The summed E-state index contributed by atoms with van der Waals surface area (Å²) in [5.74, 6) is 0. The Morgan fingerprint density at radius 2 is 1.82 bits per heavy atom. The molecule has 2 aromatic carbocycles. The Morgan fingerprint density at radius 1 is 1.09 bits per heavy atom. The van der Waals surface area contributed by atoms with Crippen LogP contribution < -0.4 is 10.3 Å². The van der Waals surface area contributed by atoms with Crippen molar-refractivity contribution in [1.29, 1.82) is 0 Å². The molecule has 1 heterocycles. The Balaban J connectivity index is 2.27. The van der Waals surface area contributed by atoms with E-state index >= 15 is 0 Å². The van der Waals surface area contributed by atoms with Crippen LogP contribution in [0.15, 0.2) is 41.2 Å². The molecule has 0 aliphatic heterocycles. The molecule has 4 nitrogen and oxygen atoms in total. The molecule has 0 atom stereocenters. The lowest BCUT2D eigenvalue weighted by Crippen LogP contribution is -2.24. The predicted octanol–water partition coefficient (Wildman–Crippen LogP) is 3.75. The van der Waals surface area contributed by atoms with Gasteiger partial charge in [-0.1, -0.05) is 38.1 Å². The number of aromatic nitrogens is 2. The second-order valence-corrected chi connectivity index (χ2v) is 5.42. The summed E-state index contributed by atoms with van der Waals surface area (Å²) >= 11 is 0. The van der Waals surface area contributed by atoms with Crippen LogP contribution in [0.1, 0.15) is 26.7 Å². The first kappa shape index (κ1) is 14.6. The largest absolute Gasteiger partial charge is 0.465 e. The average Bonchev–Trinajstić information content (AvgIpc) is 2.54. The first-order chi connectivity index (χ1) is 10.7. The fraction of sp³-hybridized carbons (Fsp3) is 0.333. The lowest BCUT2D eigenvalue weighted by Gasteiger charge is -2.13. The summed E-state index contributed by atoms with van der Waals surface area (Å²) in [6.45, 7) is 5.26. The van der Waals surface area contributed by atoms with Crippen molar-refractivity contribution in [3.05, 3.63) is 46.8 Å². The van der Waals surface area contributed by atoms with Gasteiger partial charge in [0.1, 0.15) is 0 Å². The van der Waals surface area contributed by atoms with Gasteiger partial charge in [-0.15, -0.1) is 0 Å². The second-order valence-electron chi connectivity index (χ2n) is 5.42. The number of hydrogen-bond donors (Lipinski definition) is 0. The van der Waals surface area contributed by atoms with Gasteiger partial charge < -0.3 is 4.74 Å². The van der Waals surface area contributed by atoms with Crippen LogP contribution in [0.25, 0.3) is 21.7 Å². The summed E-state index contributed by atoms with van der Waals surface area (Å²) in [5, 5.41) is 2.78. The lowest BCUT2D eigenvalue weighted by atomic mass is 10.1. The van der Waals surface area contributed by atoms with Gasteiger partial charge in [0.2, 0.25) is 0 Å². The minimum atomic E-state index is -0.0243. The highest BCUT2D eigenvalue weighted by atomic mass is 16.5. The third-order valence-electron chi connectivity index (χ3n) is 3.67. The summed E-state index contributed by atoms with van der Waals surface area (Å²) < 4.78 is 7.34. The van der Waals surface area contributed by atoms with Crippen LogP contribution in [0, 0.1) is 0 Å². The molecule has 0 amide bonds. The molecule has 4 heteroatoms. The molecule has 0 fully saturated rings. The van der Waals surface area contributed by atoms with Crippen molar-refractivity contribution in [1.82, 2.24) is 9.55 Å². The predicted molar refractivity (Wildman–Crippen MR) is 89.6 cm³/mol. The summed E-state index contributed by atoms with van der Waals surface area (Å²) in [5.41, 5.74) is 0.672. The van der Waals surface area contributed by atoms with E-state index < -0.39 is 0 Å². The van der Waals surface area contributed by atoms with Gasteiger partial charge in [0, 0.05) is 6.54 Å². The van der Waals surface area contributed by atoms with Crippen molar-refractivity contribution >= 4 is 21.7 Å². The van der Waals surface area contributed by atoms with Gasteiger partial charge >= 0.3 is 0 Å². The van der Waals surface area contributed by atoms with E-state index in [1.165, 1.54) is 0 Å². The maximum atomic E-state index is 12.8. The molecule has 0 aliphatic rings. The van der Waals surface area contributed by atoms with Crippen molar-refractivity contribution in [3.8, 4) is 6.01 Å². The van der Waals surface area contributed by atoms with Crippen molar-refractivity contribution in [2.75, 3.05) is 6.61 Å². The molecule has 114 valence electrons. The van der Waals surface area contributed by atoms with Crippen molar-refractivity contribution in [2.45, 2.75) is 33.2 Å². The SMILES string of the molecule is CCCOc1nc2cc3ccccc3cc2c(=O)n1CCC. The molecule has 22 heavy (non-hydrogen) atoms. The van der Waals surface area contributed by atoms with E-state index in [0.717, 1.165) is 23.6 Å². The Bertz CT molecular complexity index is 868. The van der Waals surface area contributed by atoms with Gasteiger partial charge in [-0.2, -0.15) is 4.98 Å². The number of rotatable bonds is 5. The smallest absolute Gasteiger partial charge is 0.299 e. The minimum Gasteiger partial charge on any atom is -0.465 e. The first-order valence-corrected chi connectivity index (χ1v) is 7.80. The number of hydrogen-bond acceptors (Lipinski definition) is 3. The molecule has 0 radical (unpaired) electrons. The summed E-state index contributed by atoms with van der Waals surface area (Å²) in [7, 11) is 0. The molecule has 0 bridgehead atoms. The number of ether oxygens (including phenoxy) is 1. The molecule has 0 unspecified atom stereocenters. The van der Waals surface area contributed by atoms with E-state index in [2.05, 4.69) is 4.98 Å². The van der Waals surface area contributed by atoms with Gasteiger partial charge in [-0.3, -0.25) is 9.36 Å². The first-order valence-electron chi connectivity index (χ1n) is 7.80. The zero-order chi connectivity index (χ0) is 15.5. The normalized spacial score (nSPS) is 11.2. The monoisotopic (exact) mass is 296 g/mol. The Kier molecular flexibility index (Phi) is 4.09. The number of nitrogens with zero attached hydrogens (tertiary/aromatic N) is 2. The van der Waals surface area contributed by atoms with Gasteiger partial charge in [-0.05, 0) is 35.7 Å². The topological polar surface area (TPSA) is 44.1 Å². The van der Waals surface area contributed by atoms with Gasteiger partial charge in [0.15, 0.2) is 0 Å². The van der Waals surface area contributed by atoms with Crippen LogP contribution in [0.5, 0.6) is 6.01 Å². The highest BCUT2D eigenvalue weighted by Gasteiger charge is 2.12. The maximum absolute atomic E-state index is 12.8. The van der Waals surface area contributed by atoms with Crippen LogP contribution in [-0.4, -0.2) is 16.2 Å². The molecular weight excluding hydrogens is 276 g/mol. The lowest BCUT2D eigenvalue weighted by molar-refractivity contribution is 0.272. The molecule has 1 aromatic heterocycles. The molecular formula is C18H20N2O2. The van der Waals surface area contributed by atoms with Gasteiger partial charge in [-0.25, -0.2) is 0 Å². The van der Waals surface area contributed by atoms with E-state index in [4.69, 9.17) is 4.74 Å². The summed E-state index contributed by atoms with van der Waals surface area (Å²) in [6.07, 6.45) is 1.75. The molecule has 3 rings (SSSR count). The third-order valence-corrected chi connectivity index (χ3v) is 3.67. The van der Waals surface area contributed by atoms with Crippen LogP contribution >= 0.6 is 0 Å². The molecule has 0 saturated carbocycles. The Hall–Kier alpha value is -2.36. The van der Waals surface area contributed by atoms with E-state index in [0.29, 0.717) is 30.1 Å². The summed E-state index contributed by atoms with van der Waals surface area (Å²) in [4.78, 5) is 17.4. The van der Waals surface area contributed by atoms with E-state index in [1.54, 1.807) is 4.57 Å². The van der Waals surface area contributed by atoms with E-state index in [9.17, 15) is 4.79 Å². The molecule has 0 saturated heterocycles. The molecule has 0 spiro atoms. The van der Waals surface area contributed by atoms with Crippen LogP contribution in [0.4, 0.5) is 0 Å².